The molecule has 0 spiro atoms. The van der Waals surface area contributed by atoms with Crippen molar-refractivity contribution in [1.29, 1.82) is 0 Å². The van der Waals surface area contributed by atoms with Gasteiger partial charge in [0.1, 0.15) is 0 Å². The Labute approximate surface area is 124 Å². The quantitative estimate of drug-likeness (QED) is 0.857. The summed E-state index contributed by atoms with van der Waals surface area (Å²) < 4.78 is 1.15. The molecular weight excluding hydrogens is 332 g/mol. The molecule has 1 aliphatic rings. The van der Waals surface area contributed by atoms with Crippen molar-refractivity contribution in [3.8, 4) is 0 Å². The zero-order valence-electron chi connectivity index (χ0n) is 10.1. The van der Waals surface area contributed by atoms with Crippen LogP contribution in [0.1, 0.15) is 11.3 Å². The van der Waals surface area contributed by atoms with E-state index in [4.69, 9.17) is 0 Å². The fraction of sp³-hybridized carbons (Fsp3) is 0.583. The standard InChI is InChI=1S/C12H17BrN2OS2/c13-11-2-1-10(18-11)3-4-15-12(16)7-9-8-17-6-5-14-9/h1-2,9,14H,3-8H2,(H,15,16). The van der Waals surface area contributed by atoms with Crippen LogP contribution in [0.3, 0.4) is 0 Å². The number of halogens is 1. The molecule has 1 aromatic heterocycles. The summed E-state index contributed by atoms with van der Waals surface area (Å²) in [6, 6.07) is 4.49. The third kappa shape index (κ3) is 4.91. The second-order valence-electron chi connectivity index (χ2n) is 4.24. The minimum atomic E-state index is 0.158. The van der Waals surface area contributed by atoms with Crippen LogP contribution in [-0.4, -0.2) is 36.5 Å². The van der Waals surface area contributed by atoms with Crippen LogP contribution in [0, 0.1) is 0 Å². The van der Waals surface area contributed by atoms with Crippen LogP contribution < -0.4 is 10.6 Å². The fourth-order valence-corrected chi connectivity index (χ4v) is 4.29. The van der Waals surface area contributed by atoms with Crippen molar-refractivity contribution >= 4 is 44.9 Å². The van der Waals surface area contributed by atoms with Gasteiger partial charge in [0.15, 0.2) is 0 Å². The molecule has 2 rings (SSSR count). The Kier molecular flexibility index (Phi) is 6.01. The summed E-state index contributed by atoms with van der Waals surface area (Å²) in [5, 5.41) is 6.37. The molecule has 2 N–H and O–H groups in total. The van der Waals surface area contributed by atoms with Crippen molar-refractivity contribution in [2.75, 3.05) is 24.6 Å². The summed E-state index contributed by atoms with van der Waals surface area (Å²) in [6.45, 7) is 1.75. The van der Waals surface area contributed by atoms with Gasteiger partial charge < -0.3 is 10.6 Å². The molecule has 1 amide bonds. The Hall–Kier alpha value is -0.0400. The summed E-state index contributed by atoms with van der Waals surface area (Å²) >= 11 is 7.09. The molecular formula is C12H17BrN2OS2. The maximum Gasteiger partial charge on any atom is 0.221 e. The largest absolute Gasteiger partial charge is 0.356 e. The molecule has 2 heterocycles. The van der Waals surface area contributed by atoms with Gasteiger partial charge in [-0.25, -0.2) is 0 Å². The number of amides is 1. The van der Waals surface area contributed by atoms with Gasteiger partial charge in [0.05, 0.1) is 3.79 Å². The van der Waals surface area contributed by atoms with Gasteiger partial charge in [0.25, 0.3) is 0 Å². The first-order chi connectivity index (χ1) is 8.74. The minimum absolute atomic E-state index is 0.158. The summed E-state index contributed by atoms with van der Waals surface area (Å²) in [7, 11) is 0. The highest BCUT2D eigenvalue weighted by molar-refractivity contribution is 9.11. The third-order valence-corrected chi connectivity index (χ3v) is 5.57. The number of thioether (sulfide) groups is 1. The normalized spacial score (nSPS) is 19.7. The minimum Gasteiger partial charge on any atom is -0.356 e. The maximum absolute atomic E-state index is 11.7. The highest BCUT2D eigenvalue weighted by atomic mass is 79.9. The molecule has 1 fully saturated rings. The van der Waals surface area contributed by atoms with Crippen LogP contribution in [0.15, 0.2) is 15.9 Å². The van der Waals surface area contributed by atoms with Crippen LogP contribution in [0.2, 0.25) is 0 Å². The van der Waals surface area contributed by atoms with E-state index in [9.17, 15) is 4.79 Å². The lowest BCUT2D eigenvalue weighted by atomic mass is 10.2. The fourth-order valence-electron chi connectivity index (χ4n) is 1.86. The predicted octanol–water partition coefficient (Wildman–Crippen LogP) is 2.26. The molecule has 0 saturated carbocycles. The lowest BCUT2D eigenvalue weighted by Crippen LogP contribution is -2.41. The Morgan fingerprint density at radius 1 is 1.56 bits per heavy atom. The van der Waals surface area contributed by atoms with E-state index in [1.165, 1.54) is 4.88 Å². The zero-order valence-corrected chi connectivity index (χ0v) is 13.3. The first-order valence-electron chi connectivity index (χ1n) is 6.06. The van der Waals surface area contributed by atoms with Crippen molar-refractivity contribution in [2.24, 2.45) is 0 Å². The number of hydrogen-bond donors (Lipinski definition) is 2. The number of hydrogen-bond acceptors (Lipinski definition) is 4. The molecule has 1 saturated heterocycles. The maximum atomic E-state index is 11.7. The molecule has 6 heteroatoms. The van der Waals surface area contributed by atoms with Crippen molar-refractivity contribution in [2.45, 2.75) is 18.9 Å². The van der Waals surface area contributed by atoms with E-state index in [2.05, 4.69) is 32.6 Å². The van der Waals surface area contributed by atoms with Crippen molar-refractivity contribution in [3.05, 3.63) is 20.8 Å². The van der Waals surface area contributed by atoms with Crippen molar-refractivity contribution < 1.29 is 4.79 Å². The molecule has 1 atom stereocenters. The number of nitrogens with one attached hydrogen (secondary N) is 2. The van der Waals surface area contributed by atoms with E-state index in [-0.39, 0.29) is 5.91 Å². The van der Waals surface area contributed by atoms with Crippen molar-refractivity contribution in [3.63, 3.8) is 0 Å². The van der Waals surface area contributed by atoms with Crippen LogP contribution >= 0.6 is 39.0 Å². The Morgan fingerprint density at radius 2 is 2.44 bits per heavy atom. The Bertz CT molecular complexity index is 391. The lowest BCUT2D eigenvalue weighted by molar-refractivity contribution is -0.121. The van der Waals surface area contributed by atoms with Gasteiger partial charge in [-0.1, -0.05) is 0 Å². The molecule has 18 heavy (non-hydrogen) atoms. The third-order valence-electron chi connectivity index (χ3n) is 2.75. The van der Waals surface area contributed by atoms with Crippen molar-refractivity contribution in [1.82, 2.24) is 10.6 Å². The molecule has 0 aliphatic carbocycles. The van der Waals surface area contributed by atoms with Gasteiger partial charge in [0.2, 0.25) is 5.91 Å². The average molecular weight is 349 g/mol. The predicted molar refractivity (Wildman–Crippen MR) is 82.5 cm³/mol. The van der Waals surface area contributed by atoms with Gasteiger partial charge >= 0.3 is 0 Å². The van der Waals surface area contributed by atoms with Crippen LogP contribution in [0.25, 0.3) is 0 Å². The smallest absolute Gasteiger partial charge is 0.221 e. The average Bonchev–Trinajstić information content (AvgIpc) is 2.76. The van der Waals surface area contributed by atoms with Crippen LogP contribution in [0.5, 0.6) is 0 Å². The number of thiophene rings is 1. The zero-order chi connectivity index (χ0) is 12.8. The topological polar surface area (TPSA) is 41.1 Å². The lowest BCUT2D eigenvalue weighted by Gasteiger charge is -2.22. The molecule has 0 bridgehead atoms. The molecule has 3 nitrogen and oxygen atoms in total. The van der Waals surface area contributed by atoms with Gasteiger partial charge in [-0.2, -0.15) is 11.8 Å². The number of rotatable bonds is 5. The molecule has 1 aliphatic heterocycles. The van der Waals surface area contributed by atoms with E-state index in [0.717, 1.165) is 34.8 Å². The van der Waals surface area contributed by atoms with Gasteiger partial charge in [0, 0.05) is 41.9 Å². The van der Waals surface area contributed by atoms with Gasteiger partial charge in [-0.05, 0) is 34.5 Å². The van der Waals surface area contributed by atoms with Crippen LogP contribution in [-0.2, 0) is 11.2 Å². The highest BCUT2D eigenvalue weighted by Gasteiger charge is 2.16. The SMILES string of the molecule is O=C(CC1CSCCN1)NCCc1ccc(Br)s1. The Morgan fingerprint density at radius 3 is 3.11 bits per heavy atom. The molecule has 1 aromatic rings. The highest BCUT2D eigenvalue weighted by Crippen LogP contribution is 2.22. The molecule has 0 radical (unpaired) electrons. The van der Waals surface area contributed by atoms with E-state index in [1.807, 2.05) is 17.8 Å². The summed E-state index contributed by atoms with van der Waals surface area (Å²) in [6.07, 6.45) is 1.51. The monoisotopic (exact) mass is 348 g/mol. The van der Waals surface area contributed by atoms with Crippen LogP contribution in [0.4, 0.5) is 0 Å². The second-order valence-corrected chi connectivity index (χ2v) is 7.93. The van der Waals surface area contributed by atoms with Gasteiger partial charge in [-0.15, -0.1) is 11.3 Å². The van der Waals surface area contributed by atoms with E-state index >= 15 is 0 Å². The number of carbonyl (C=O) groups excluding carboxylic acids is 1. The second kappa shape index (κ2) is 7.53. The first kappa shape index (κ1) is 14.4. The Balaban J connectivity index is 1.62. The summed E-state index contributed by atoms with van der Waals surface area (Å²) in [4.78, 5) is 13.0. The summed E-state index contributed by atoms with van der Waals surface area (Å²) in [5.74, 6) is 2.36. The molecule has 100 valence electrons. The van der Waals surface area contributed by atoms with E-state index in [1.54, 1.807) is 11.3 Å². The van der Waals surface area contributed by atoms with E-state index in [0.29, 0.717) is 12.5 Å². The van der Waals surface area contributed by atoms with Gasteiger partial charge in [-0.3, -0.25) is 4.79 Å². The van der Waals surface area contributed by atoms with E-state index < -0.39 is 0 Å². The molecule has 1 unspecified atom stereocenters. The number of carbonyl (C=O) groups is 1. The summed E-state index contributed by atoms with van der Waals surface area (Å²) in [5.41, 5.74) is 0. The molecule has 0 aromatic carbocycles. The first-order valence-corrected chi connectivity index (χ1v) is 8.82.